The SMILES string of the molecule is CC(C)C[C@H](CNS(=O)(=O)c1c(Cl)ccnc1Cl)N1CCOCC1. The monoisotopic (exact) mass is 395 g/mol. The molecule has 1 aromatic rings. The third-order valence-corrected chi connectivity index (χ3v) is 6.22. The van der Waals surface area contributed by atoms with E-state index in [1.165, 1.54) is 12.3 Å². The molecule has 1 aliphatic rings. The molecule has 1 fully saturated rings. The first-order valence-electron chi connectivity index (χ1n) is 7.92. The summed E-state index contributed by atoms with van der Waals surface area (Å²) in [6.07, 6.45) is 2.26. The van der Waals surface area contributed by atoms with Crippen LogP contribution in [0.4, 0.5) is 0 Å². The molecule has 1 aliphatic heterocycles. The first-order chi connectivity index (χ1) is 11.3. The smallest absolute Gasteiger partial charge is 0.245 e. The van der Waals surface area contributed by atoms with Crippen LogP contribution < -0.4 is 4.72 Å². The van der Waals surface area contributed by atoms with Crippen molar-refractivity contribution in [3.63, 3.8) is 0 Å². The normalized spacial score (nSPS) is 18.0. The van der Waals surface area contributed by atoms with Crippen LogP contribution in [0, 0.1) is 5.92 Å². The van der Waals surface area contributed by atoms with Gasteiger partial charge in [0.2, 0.25) is 10.0 Å². The largest absolute Gasteiger partial charge is 0.379 e. The van der Waals surface area contributed by atoms with Crippen LogP contribution in [0.3, 0.4) is 0 Å². The summed E-state index contributed by atoms with van der Waals surface area (Å²) < 4.78 is 33.2. The number of sulfonamides is 1. The fraction of sp³-hybridized carbons (Fsp3) is 0.667. The molecule has 1 saturated heterocycles. The van der Waals surface area contributed by atoms with Gasteiger partial charge in [-0.3, -0.25) is 4.90 Å². The van der Waals surface area contributed by atoms with Gasteiger partial charge in [-0.05, 0) is 18.4 Å². The Morgan fingerprint density at radius 2 is 2.00 bits per heavy atom. The summed E-state index contributed by atoms with van der Waals surface area (Å²) in [5.74, 6) is 0.452. The highest BCUT2D eigenvalue weighted by atomic mass is 35.5. The molecular formula is C15H23Cl2N3O3S. The highest BCUT2D eigenvalue weighted by molar-refractivity contribution is 7.89. The fourth-order valence-corrected chi connectivity index (χ4v) is 4.88. The molecule has 2 rings (SSSR count). The molecule has 0 spiro atoms. The molecule has 0 amide bonds. The number of nitrogens with one attached hydrogen (secondary N) is 1. The van der Waals surface area contributed by atoms with Crippen molar-refractivity contribution in [3.8, 4) is 0 Å². The predicted octanol–water partition coefficient (Wildman–Crippen LogP) is 2.41. The van der Waals surface area contributed by atoms with Gasteiger partial charge in [0.15, 0.2) is 5.15 Å². The van der Waals surface area contributed by atoms with E-state index in [2.05, 4.69) is 28.5 Å². The quantitative estimate of drug-likeness (QED) is 0.717. The van der Waals surface area contributed by atoms with E-state index in [1.54, 1.807) is 0 Å². The van der Waals surface area contributed by atoms with Crippen molar-refractivity contribution in [2.75, 3.05) is 32.8 Å². The summed E-state index contributed by atoms with van der Waals surface area (Å²) >= 11 is 11.9. The van der Waals surface area contributed by atoms with Crippen LogP contribution in [-0.2, 0) is 14.8 Å². The summed E-state index contributed by atoms with van der Waals surface area (Å²) in [6, 6.07) is 1.51. The van der Waals surface area contributed by atoms with Crippen LogP contribution >= 0.6 is 23.2 Å². The molecular weight excluding hydrogens is 373 g/mol. The van der Waals surface area contributed by atoms with Crippen LogP contribution in [0.25, 0.3) is 0 Å². The maximum atomic E-state index is 12.6. The van der Waals surface area contributed by atoms with Crippen LogP contribution in [0.1, 0.15) is 20.3 Å². The molecule has 1 N–H and O–H groups in total. The van der Waals surface area contributed by atoms with Crippen molar-refractivity contribution in [3.05, 3.63) is 22.4 Å². The Hall–Kier alpha value is -0.440. The molecule has 0 aromatic carbocycles. The third-order valence-electron chi connectivity index (χ3n) is 3.90. The van der Waals surface area contributed by atoms with Crippen LogP contribution in [-0.4, -0.2) is 57.2 Å². The Morgan fingerprint density at radius 3 is 2.58 bits per heavy atom. The molecule has 9 heteroatoms. The zero-order valence-corrected chi connectivity index (χ0v) is 16.2. The highest BCUT2D eigenvalue weighted by Gasteiger charge is 2.27. The number of pyridine rings is 1. The Kier molecular flexibility index (Phi) is 7.27. The van der Waals surface area contributed by atoms with Crippen molar-refractivity contribution >= 4 is 33.2 Å². The molecule has 1 atom stereocenters. The summed E-state index contributed by atoms with van der Waals surface area (Å²) in [7, 11) is -3.83. The maximum absolute atomic E-state index is 12.6. The maximum Gasteiger partial charge on any atom is 0.245 e. The van der Waals surface area contributed by atoms with E-state index in [9.17, 15) is 8.42 Å². The van der Waals surface area contributed by atoms with Gasteiger partial charge in [-0.15, -0.1) is 0 Å². The molecule has 0 saturated carbocycles. The molecule has 24 heavy (non-hydrogen) atoms. The lowest BCUT2D eigenvalue weighted by atomic mass is 10.0. The number of aromatic nitrogens is 1. The van der Waals surface area contributed by atoms with Gasteiger partial charge >= 0.3 is 0 Å². The summed E-state index contributed by atoms with van der Waals surface area (Å²) in [6.45, 7) is 7.47. The molecule has 0 aliphatic carbocycles. The second-order valence-electron chi connectivity index (χ2n) is 6.20. The van der Waals surface area contributed by atoms with E-state index in [1.807, 2.05) is 0 Å². The van der Waals surface area contributed by atoms with E-state index in [0.717, 1.165) is 19.5 Å². The van der Waals surface area contributed by atoms with E-state index in [0.29, 0.717) is 25.7 Å². The van der Waals surface area contributed by atoms with Gasteiger partial charge < -0.3 is 4.74 Å². The van der Waals surface area contributed by atoms with Crippen LogP contribution in [0.5, 0.6) is 0 Å². The zero-order valence-electron chi connectivity index (χ0n) is 13.8. The Bertz CT molecular complexity index is 629. The van der Waals surface area contributed by atoms with Gasteiger partial charge in [-0.25, -0.2) is 18.1 Å². The Labute approximate surface area is 153 Å². The lowest BCUT2D eigenvalue weighted by Gasteiger charge is -2.35. The first kappa shape index (κ1) is 19.9. The van der Waals surface area contributed by atoms with E-state index < -0.39 is 10.0 Å². The standard InChI is InChI=1S/C15H23Cl2N3O3S/c1-11(2)9-12(20-5-7-23-8-6-20)10-19-24(21,22)14-13(16)3-4-18-15(14)17/h3-4,11-12,19H,5-10H2,1-2H3/t12-/m1/s1. The van der Waals surface area contributed by atoms with Gasteiger partial charge in [0.1, 0.15) is 4.90 Å². The molecule has 0 unspecified atom stereocenters. The van der Waals surface area contributed by atoms with Gasteiger partial charge in [0.25, 0.3) is 0 Å². The van der Waals surface area contributed by atoms with Crippen LogP contribution in [0.15, 0.2) is 17.2 Å². The molecule has 0 radical (unpaired) electrons. The second-order valence-corrected chi connectivity index (χ2v) is 8.67. The minimum Gasteiger partial charge on any atom is -0.379 e. The highest BCUT2D eigenvalue weighted by Crippen LogP contribution is 2.27. The third kappa shape index (κ3) is 5.28. The van der Waals surface area contributed by atoms with E-state index in [4.69, 9.17) is 27.9 Å². The molecule has 0 bridgehead atoms. The summed E-state index contributed by atoms with van der Waals surface area (Å²) in [5, 5.41) is -0.0592. The van der Waals surface area contributed by atoms with E-state index >= 15 is 0 Å². The number of hydrogen-bond acceptors (Lipinski definition) is 5. The van der Waals surface area contributed by atoms with Crippen molar-refractivity contribution < 1.29 is 13.2 Å². The van der Waals surface area contributed by atoms with E-state index in [-0.39, 0.29) is 21.1 Å². The first-order valence-corrected chi connectivity index (χ1v) is 10.2. The van der Waals surface area contributed by atoms with Crippen molar-refractivity contribution in [1.82, 2.24) is 14.6 Å². The second kappa shape index (κ2) is 8.78. The lowest BCUT2D eigenvalue weighted by molar-refractivity contribution is 0.0134. The van der Waals surface area contributed by atoms with Gasteiger partial charge in [-0.2, -0.15) is 0 Å². The molecule has 136 valence electrons. The molecule has 1 aromatic heterocycles. The molecule has 6 nitrogen and oxygen atoms in total. The number of halogens is 2. The van der Waals surface area contributed by atoms with Crippen molar-refractivity contribution in [1.29, 1.82) is 0 Å². The van der Waals surface area contributed by atoms with Crippen molar-refractivity contribution in [2.24, 2.45) is 5.92 Å². The number of rotatable bonds is 7. The Morgan fingerprint density at radius 1 is 1.33 bits per heavy atom. The number of morpholine rings is 1. The summed E-state index contributed by atoms with van der Waals surface area (Å²) in [5.41, 5.74) is 0. The zero-order chi connectivity index (χ0) is 17.7. The Balaban J connectivity index is 2.12. The minimum atomic E-state index is -3.83. The predicted molar refractivity (Wildman–Crippen MR) is 95.1 cm³/mol. The van der Waals surface area contributed by atoms with Crippen LogP contribution in [0.2, 0.25) is 10.2 Å². The van der Waals surface area contributed by atoms with Crippen molar-refractivity contribution in [2.45, 2.75) is 31.2 Å². The average molecular weight is 396 g/mol. The minimum absolute atomic E-state index is 0.0642. The lowest BCUT2D eigenvalue weighted by Crippen LogP contribution is -2.49. The number of nitrogens with zero attached hydrogens (tertiary/aromatic N) is 2. The van der Waals surface area contributed by atoms with Gasteiger partial charge in [0.05, 0.1) is 18.2 Å². The van der Waals surface area contributed by atoms with Gasteiger partial charge in [0, 0.05) is 31.9 Å². The van der Waals surface area contributed by atoms with Gasteiger partial charge in [-0.1, -0.05) is 37.0 Å². The summed E-state index contributed by atoms with van der Waals surface area (Å²) in [4.78, 5) is 5.90. The topological polar surface area (TPSA) is 71.5 Å². The molecule has 2 heterocycles. The fourth-order valence-electron chi connectivity index (χ4n) is 2.77. The number of hydrogen-bond donors (Lipinski definition) is 1. The number of ether oxygens (including phenoxy) is 1. The average Bonchev–Trinajstić information content (AvgIpc) is 2.51.